The standard InChI is InChI=1S/C14H18F2N2O2/c15-12-6-11(7-13(16)8-12)9-17-2-1-3-18(5-4-17)10-14(19)20/h6-8H,1-5,9-10H2,(H,19,20). The van der Waals surface area contributed by atoms with E-state index >= 15 is 0 Å². The maximum Gasteiger partial charge on any atom is 0.317 e. The Morgan fingerprint density at radius 1 is 1.05 bits per heavy atom. The van der Waals surface area contributed by atoms with Gasteiger partial charge in [0.05, 0.1) is 6.54 Å². The van der Waals surface area contributed by atoms with E-state index in [1.165, 1.54) is 12.1 Å². The predicted molar refractivity (Wildman–Crippen MR) is 70.3 cm³/mol. The van der Waals surface area contributed by atoms with Crippen molar-refractivity contribution in [1.29, 1.82) is 0 Å². The number of nitrogens with zero attached hydrogens (tertiary/aromatic N) is 2. The molecule has 1 fully saturated rings. The minimum atomic E-state index is -0.828. The lowest BCUT2D eigenvalue weighted by molar-refractivity contribution is -0.138. The summed E-state index contributed by atoms with van der Waals surface area (Å²) in [5, 5.41) is 8.78. The average Bonchev–Trinajstić information content (AvgIpc) is 2.53. The molecule has 0 atom stereocenters. The van der Waals surface area contributed by atoms with Gasteiger partial charge in [-0.3, -0.25) is 14.6 Å². The quantitative estimate of drug-likeness (QED) is 0.911. The third kappa shape index (κ3) is 4.54. The summed E-state index contributed by atoms with van der Waals surface area (Å²) in [7, 11) is 0. The fourth-order valence-electron chi connectivity index (χ4n) is 2.49. The van der Waals surface area contributed by atoms with Crippen LogP contribution in [0.4, 0.5) is 8.78 Å². The van der Waals surface area contributed by atoms with E-state index in [0.29, 0.717) is 25.2 Å². The smallest absolute Gasteiger partial charge is 0.317 e. The van der Waals surface area contributed by atoms with Gasteiger partial charge in [0, 0.05) is 32.2 Å². The van der Waals surface area contributed by atoms with Crippen molar-refractivity contribution in [2.45, 2.75) is 13.0 Å². The van der Waals surface area contributed by atoms with E-state index in [1.807, 2.05) is 4.90 Å². The first-order valence-electron chi connectivity index (χ1n) is 6.64. The Hall–Kier alpha value is -1.53. The monoisotopic (exact) mass is 284 g/mol. The Kier molecular flexibility index (Phi) is 5.03. The van der Waals surface area contributed by atoms with Crippen molar-refractivity contribution in [2.24, 2.45) is 0 Å². The Labute approximate surface area is 116 Å². The third-order valence-corrected chi connectivity index (χ3v) is 3.37. The molecular weight excluding hydrogens is 266 g/mol. The summed E-state index contributed by atoms with van der Waals surface area (Å²) in [5.74, 6) is -1.96. The summed E-state index contributed by atoms with van der Waals surface area (Å²) in [5.41, 5.74) is 0.606. The molecule has 0 spiro atoms. The lowest BCUT2D eigenvalue weighted by Crippen LogP contribution is -2.34. The van der Waals surface area contributed by atoms with Crippen LogP contribution in [0.5, 0.6) is 0 Å². The highest BCUT2D eigenvalue weighted by atomic mass is 19.1. The maximum atomic E-state index is 13.1. The lowest BCUT2D eigenvalue weighted by atomic mass is 10.2. The number of carboxylic acids is 1. The number of hydrogen-bond donors (Lipinski definition) is 1. The molecule has 0 bridgehead atoms. The average molecular weight is 284 g/mol. The molecule has 1 aromatic carbocycles. The second-order valence-corrected chi connectivity index (χ2v) is 5.08. The molecule has 110 valence electrons. The molecule has 1 aliphatic heterocycles. The van der Waals surface area contributed by atoms with Crippen LogP contribution in [0.3, 0.4) is 0 Å². The molecule has 0 amide bonds. The molecule has 6 heteroatoms. The predicted octanol–water partition coefficient (Wildman–Crippen LogP) is 1.56. The molecule has 20 heavy (non-hydrogen) atoms. The van der Waals surface area contributed by atoms with Crippen molar-refractivity contribution in [3.8, 4) is 0 Å². The van der Waals surface area contributed by atoms with Crippen LogP contribution in [0.15, 0.2) is 18.2 Å². The molecule has 1 aliphatic rings. The number of rotatable bonds is 4. The molecule has 4 nitrogen and oxygen atoms in total. The summed E-state index contributed by atoms with van der Waals surface area (Å²) in [6, 6.07) is 3.53. The number of aliphatic carboxylic acids is 1. The fourth-order valence-corrected chi connectivity index (χ4v) is 2.49. The molecule has 1 saturated heterocycles. The van der Waals surface area contributed by atoms with Crippen LogP contribution >= 0.6 is 0 Å². The van der Waals surface area contributed by atoms with Gasteiger partial charge in [-0.15, -0.1) is 0 Å². The van der Waals surface area contributed by atoms with Gasteiger partial charge in [0.2, 0.25) is 0 Å². The highest BCUT2D eigenvalue weighted by molar-refractivity contribution is 5.69. The molecule has 1 heterocycles. The minimum Gasteiger partial charge on any atom is -0.480 e. The number of benzene rings is 1. The first-order valence-corrected chi connectivity index (χ1v) is 6.64. The molecule has 0 aliphatic carbocycles. The molecule has 1 aromatic rings. The molecule has 0 unspecified atom stereocenters. The Balaban J connectivity index is 1.92. The van der Waals surface area contributed by atoms with Gasteiger partial charge >= 0.3 is 5.97 Å². The van der Waals surface area contributed by atoms with E-state index in [0.717, 1.165) is 25.6 Å². The van der Waals surface area contributed by atoms with Gasteiger partial charge in [0.25, 0.3) is 0 Å². The number of carbonyl (C=O) groups is 1. The molecule has 0 aromatic heterocycles. The van der Waals surface area contributed by atoms with Crippen LogP contribution in [0.1, 0.15) is 12.0 Å². The van der Waals surface area contributed by atoms with Crippen LogP contribution in [0.2, 0.25) is 0 Å². The Morgan fingerprint density at radius 3 is 2.30 bits per heavy atom. The van der Waals surface area contributed by atoms with Crippen molar-refractivity contribution >= 4 is 5.97 Å². The summed E-state index contributed by atoms with van der Waals surface area (Å²) in [6.07, 6.45) is 0.852. The normalized spacial score (nSPS) is 17.9. The van der Waals surface area contributed by atoms with Gasteiger partial charge in [0.1, 0.15) is 11.6 Å². The van der Waals surface area contributed by atoms with Crippen molar-refractivity contribution in [3.63, 3.8) is 0 Å². The SMILES string of the molecule is O=C(O)CN1CCCN(Cc2cc(F)cc(F)c2)CC1. The van der Waals surface area contributed by atoms with Crippen molar-refractivity contribution in [1.82, 2.24) is 9.80 Å². The molecule has 2 rings (SSSR count). The minimum absolute atomic E-state index is 0.0441. The second kappa shape index (κ2) is 6.76. The molecule has 1 N–H and O–H groups in total. The van der Waals surface area contributed by atoms with Gasteiger partial charge in [-0.1, -0.05) is 0 Å². The summed E-state index contributed by atoms with van der Waals surface area (Å²) in [4.78, 5) is 14.7. The van der Waals surface area contributed by atoms with E-state index in [2.05, 4.69) is 4.90 Å². The first kappa shape index (κ1) is 14.9. The van der Waals surface area contributed by atoms with Gasteiger partial charge in [-0.25, -0.2) is 8.78 Å². The number of hydrogen-bond acceptors (Lipinski definition) is 3. The zero-order valence-electron chi connectivity index (χ0n) is 11.2. The third-order valence-electron chi connectivity index (χ3n) is 3.37. The van der Waals surface area contributed by atoms with Crippen LogP contribution < -0.4 is 0 Å². The fraction of sp³-hybridized carbons (Fsp3) is 0.500. The number of halogens is 2. The first-order chi connectivity index (χ1) is 9.52. The summed E-state index contributed by atoms with van der Waals surface area (Å²) < 4.78 is 26.3. The van der Waals surface area contributed by atoms with E-state index in [1.54, 1.807) is 0 Å². The van der Waals surface area contributed by atoms with E-state index in [-0.39, 0.29) is 6.54 Å². The van der Waals surface area contributed by atoms with Crippen molar-refractivity contribution in [3.05, 3.63) is 35.4 Å². The molecule has 0 saturated carbocycles. The van der Waals surface area contributed by atoms with Gasteiger partial charge in [-0.05, 0) is 30.7 Å². The summed E-state index contributed by atoms with van der Waals surface area (Å²) in [6.45, 7) is 3.42. The second-order valence-electron chi connectivity index (χ2n) is 5.08. The highest BCUT2D eigenvalue weighted by Crippen LogP contribution is 2.12. The van der Waals surface area contributed by atoms with Gasteiger partial charge < -0.3 is 5.11 Å². The van der Waals surface area contributed by atoms with Gasteiger partial charge in [-0.2, -0.15) is 0 Å². The highest BCUT2D eigenvalue weighted by Gasteiger charge is 2.17. The van der Waals surface area contributed by atoms with Gasteiger partial charge in [0.15, 0.2) is 0 Å². The molecule has 0 radical (unpaired) electrons. The van der Waals surface area contributed by atoms with Crippen LogP contribution in [-0.2, 0) is 11.3 Å². The van der Waals surface area contributed by atoms with Crippen LogP contribution in [0.25, 0.3) is 0 Å². The van der Waals surface area contributed by atoms with Crippen molar-refractivity contribution in [2.75, 3.05) is 32.7 Å². The lowest BCUT2D eigenvalue weighted by Gasteiger charge is -2.20. The molecular formula is C14H18F2N2O2. The topological polar surface area (TPSA) is 43.8 Å². The zero-order chi connectivity index (χ0) is 14.5. The van der Waals surface area contributed by atoms with E-state index in [9.17, 15) is 13.6 Å². The van der Waals surface area contributed by atoms with E-state index in [4.69, 9.17) is 5.11 Å². The maximum absolute atomic E-state index is 13.1. The van der Waals surface area contributed by atoms with Crippen LogP contribution in [-0.4, -0.2) is 53.6 Å². The number of carboxylic acid groups (broad SMARTS) is 1. The van der Waals surface area contributed by atoms with E-state index < -0.39 is 17.6 Å². The van der Waals surface area contributed by atoms with Crippen molar-refractivity contribution < 1.29 is 18.7 Å². The Morgan fingerprint density at radius 2 is 1.65 bits per heavy atom. The summed E-state index contributed by atoms with van der Waals surface area (Å²) >= 11 is 0. The van der Waals surface area contributed by atoms with Crippen LogP contribution in [0, 0.1) is 11.6 Å². The Bertz CT molecular complexity index is 462. The largest absolute Gasteiger partial charge is 0.480 e. The zero-order valence-corrected chi connectivity index (χ0v) is 11.2.